The summed E-state index contributed by atoms with van der Waals surface area (Å²) in [6.07, 6.45) is 0.984. The van der Waals surface area contributed by atoms with E-state index in [1.165, 1.54) is 11.3 Å². The molecule has 1 aromatic heterocycles. The van der Waals surface area contributed by atoms with E-state index in [1.807, 2.05) is 6.07 Å². The van der Waals surface area contributed by atoms with E-state index in [1.54, 1.807) is 0 Å². The first-order valence-electron chi connectivity index (χ1n) is 5.73. The van der Waals surface area contributed by atoms with Crippen LogP contribution in [0, 0.1) is 11.3 Å². The van der Waals surface area contributed by atoms with Crippen LogP contribution >= 0.6 is 11.3 Å². The Labute approximate surface area is 109 Å². The minimum Gasteiger partial charge on any atom is -0.396 e. The van der Waals surface area contributed by atoms with Crippen LogP contribution in [0.15, 0.2) is 0 Å². The highest BCUT2D eigenvalue weighted by molar-refractivity contribution is 7.17. The van der Waals surface area contributed by atoms with Crippen LogP contribution in [0.1, 0.15) is 21.7 Å². The third-order valence-corrected chi connectivity index (χ3v) is 4.07. The molecule has 1 amide bonds. The van der Waals surface area contributed by atoms with Crippen molar-refractivity contribution in [2.45, 2.75) is 6.42 Å². The van der Waals surface area contributed by atoms with E-state index in [2.05, 4.69) is 10.2 Å². The smallest absolute Gasteiger partial charge is 0.253 e. The van der Waals surface area contributed by atoms with E-state index in [4.69, 9.17) is 16.7 Å². The summed E-state index contributed by atoms with van der Waals surface area (Å²) in [7, 11) is 0. The lowest BCUT2D eigenvalue weighted by Gasteiger charge is -2.21. The SMILES string of the molecule is N#Cc1sc(N2CCCNCC2)c(C(N)=O)c1N. The molecule has 0 atom stereocenters. The number of hydrogen-bond acceptors (Lipinski definition) is 6. The maximum Gasteiger partial charge on any atom is 0.253 e. The summed E-state index contributed by atoms with van der Waals surface area (Å²) in [5.74, 6) is -0.572. The van der Waals surface area contributed by atoms with E-state index in [0.717, 1.165) is 37.6 Å². The molecule has 7 heteroatoms. The number of anilines is 2. The number of rotatable bonds is 2. The molecule has 1 aromatic rings. The number of thiophene rings is 1. The average Bonchev–Trinajstić information content (AvgIpc) is 2.54. The third kappa shape index (κ3) is 2.25. The molecule has 1 aliphatic heterocycles. The molecule has 5 N–H and O–H groups in total. The van der Waals surface area contributed by atoms with E-state index >= 15 is 0 Å². The highest BCUT2D eigenvalue weighted by Gasteiger charge is 2.24. The molecule has 1 aliphatic rings. The molecule has 0 aliphatic carbocycles. The number of carbonyl (C=O) groups excluding carboxylic acids is 1. The third-order valence-electron chi connectivity index (χ3n) is 2.90. The molecule has 1 saturated heterocycles. The molecule has 2 heterocycles. The normalized spacial score (nSPS) is 16.1. The fourth-order valence-corrected chi connectivity index (χ4v) is 3.10. The van der Waals surface area contributed by atoms with Crippen molar-refractivity contribution >= 4 is 27.9 Å². The zero-order valence-electron chi connectivity index (χ0n) is 9.90. The quantitative estimate of drug-likeness (QED) is 0.703. The maximum atomic E-state index is 11.5. The molecular weight excluding hydrogens is 250 g/mol. The Kier molecular flexibility index (Phi) is 3.69. The number of nitriles is 1. The van der Waals surface area contributed by atoms with Crippen molar-refractivity contribution in [3.63, 3.8) is 0 Å². The summed E-state index contributed by atoms with van der Waals surface area (Å²) in [6.45, 7) is 3.41. The molecule has 96 valence electrons. The number of nitrogens with zero attached hydrogens (tertiary/aromatic N) is 2. The molecule has 18 heavy (non-hydrogen) atoms. The van der Waals surface area contributed by atoms with Gasteiger partial charge in [0, 0.05) is 19.6 Å². The van der Waals surface area contributed by atoms with Gasteiger partial charge in [0.15, 0.2) is 0 Å². The highest BCUT2D eigenvalue weighted by atomic mass is 32.1. The fourth-order valence-electron chi connectivity index (χ4n) is 2.02. The molecule has 0 bridgehead atoms. The average molecular weight is 265 g/mol. The second kappa shape index (κ2) is 5.25. The zero-order valence-corrected chi connectivity index (χ0v) is 10.7. The number of hydrogen-bond donors (Lipinski definition) is 3. The monoisotopic (exact) mass is 265 g/mol. The Hall–Kier alpha value is -1.78. The second-order valence-electron chi connectivity index (χ2n) is 4.09. The minimum atomic E-state index is -0.572. The van der Waals surface area contributed by atoms with Crippen LogP contribution in [-0.2, 0) is 0 Å². The largest absolute Gasteiger partial charge is 0.396 e. The van der Waals surface area contributed by atoms with Gasteiger partial charge in [-0.25, -0.2) is 0 Å². The molecule has 2 rings (SSSR count). The van der Waals surface area contributed by atoms with E-state index in [-0.39, 0.29) is 5.69 Å². The van der Waals surface area contributed by atoms with Crippen LogP contribution in [0.25, 0.3) is 0 Å². The van der Waals surface area contributed by atoms with Crippen LogP contribution in [0.3, 0.4) is 0 Å². The van der Waals surface area contributed by atoms with Gasteiger partial charge >= 0.3 is 0 Å². The summed E-state index contributed by atoms with van der Waals surface area (Å²) in [5.41, 5.74) is 11.7. The van der Waals surface area contributed by atoms with Gasteiger partial charge in [-0.2, -0.15) is 5.26 Å². The molecule has 0 aromatic carbocycles. The van der Waals surface area contributed by atoms with Crippen LogP contribution in [0.5, 0.6) is 0 Å². The van der Waals surface area contributed by atoms with Crippen LogP contribution in [0.2, 0.25) is 0 Å². The number of nitrogens with two attached hydrogens (primary N) is 2. The van der Waals surface area contributed by atoms with Crippen molar-refractivity contribution in [3.8, 4) is 6.07 Å². The Morgan fingerprint density at radius 3 is 2.89 bits per heavy atom. The summed E-state index contributed by atoms with van der Waals surface area (Å²) in [6, 6.07) is 2.01. The molecule has 0 radical (unpaired) electrons. The first-order chi connectivity index (χ1) is 8.65. The molecular formula is C11H15N5OS. The van der Waals surface area contributed by atoms with Gasteiger partial charge < -0.3 is 21.7 Å². The zero-order chi connectivity index (χ0) is 13.1. The molecule has 6 nitrogen and oxygen atoms in total. The summed E-state index contributed by atoms with van der Waals surface area (Å²) in [5, 5.41) is 13.0. The topological polar surface area (TPSA) is 108 Å². The van der Waals surface area contributed by atoms with Crippen molar-refractivity contribution in [2.75, 3.05) is 36.8 Å². The van der Waals surface area contributed by atoms with Gasteiger partial charge in [-0.1, -0.05) is 0 Å². The number of nitrogen functional groups attached to an aromatic ring is 1. The lowest BCUT2D eigenvalue weighted by molar-refractivity contribution is 0.100. The van der Waals surface area contributed by atoms with Crippen LogP contribution in [-0.4, -0.2) is 32.1 Å². The van der Waals surface area contributed by atoms with Gasteiger partial charge in [0.05, 0.1) is 11.3 Å². The second-order valence-corrected chi connectivity index (χ2v) is 5.09. The standard InChI is InChI=1S/C11H15N5OS/c12-6-7-9(13)8(10(14)17)11(18-7)16-4-1-2-15-3-5-16/h15H,1-5,13H2,(H2,14,17). The summed E-state index contributed by atoms with van der Waals surface area (Å²) in [4.78, 5) is 13.9. The highest BCUT2D eigenvalue weighted by Crippen LogP contribution is 2.37. The van der Waals surface area contributed by atoms with Crippen LogP contribution < -0.4 is 21.7 Å². The Balaban J connectivity index is 2.42. The number of nitrogens with one attached hydrogen (secondary N) is 1. The van der Waals surface area contributed by atoms with E-state index in [9.17, 15) is 4.79 Å². The van der Waals surface area contributed by atoms with E-state index in [0.29, 0.717) is 10.4 Å². The minimum absolute atomic E-state index is 0.210. The fraction of sp³-hybridized carbons (Fsp3) is 0.455. The summed E-state index contributed by atoms with van der Waals surface area (Å²) < 4.78 is 0. The maximum absolute atomic E-state index is 11.5. The molecule has 0 spiro atoms. The number of amides is 1. The van der Waals surface area contributed by atoms with Crippen molar-refractivity contribution in [1.29, 1.82) is 5.26 Å². The van der Waals surface area contributed by atoms with Crippen molar-refractivity contribution in [2.24, 2.45) is 5.73 Å². The van der Waals surface area contributed by atoms with Gasteiger partial charge in [-0.3, -0.25) is 4.79 Å². The lowest BCUT2D eigenvalue weighted by Crippen LogP contribution is -2.29. The summed E-state index contributed by atoms with van der Waals surface area (Å²) >= 11 is 1.24. The molecule has 1 fully saturated rings. The Morgan fingerprint density at radius 1 is 1.44 bits per heavy atom. The predicted molar refractivity (Wildman–Crippen MR) is 71.7 cm³/mol. The van der Waals surface area contributed by atoms with Gasteiger partial charge in [0.25, 0.3) is 5.91 Å². The predicted octanol–water partition coefficient (Wildman–Crippen LogP) is 0.101. The Morgan fingerprint density at radius 2 is 2.22 bits per heavy atom. The van der Waals surface area contributed by atoms with Crippen molar-refractivity contribution in [3.05, 3.63) is 10.4 Å². The molecule has 0 unspecified atom stereocenters. The number of carbonyl (C=O) groups is 1. The van der Waals surface area contributed by atoms with Gasteiger partial charge in [-0.15, -0.1) is 11.3 Å². The Bertz CT molecular complexity index is 496. The van der Waals surface area contributed by atoms with Gasteiger partial charge in [0.2, 0.25) is 0 Å². The van der Waals surface area contributed by atoms with Gasteiger partial charge in [0.1, 0.15) is 15.9 Å². The van der Waals surface area contributed by atoms with Crippen LogP contribution in [0.4, 0.5) is 10.7 Å². The first-order valence-corrected chi connectivity index (χ1v) is 6.54. The van der Waals surface area contributed by atoms with Crippen molar-refractivity contribution in [1.82, 2.24) is 5.32 Å². The molecule has 0 saturated carbocycles. The van der Waals surface area contributed by atoms with E-state index < -0.39 is 5.91 Å². The van der Waals surface area contributed by atoms with Crippen molar-refractivity contribution < 1.29 is 4.79 Å². The first kappa shape index (κ1) is 12.7. The lowest BCUT2D eigenvalue weighted by atomic mass is 10.2. The van der Waals surface area contributed by atoms with Gasteiger partial charge in [-0.05, 0) is 13.0 Å². The number of primary amides is 1.